The first-order valence-electron chi connectivity index (χ1n) is 12.3. The Bertz CT molecular complexity index is 826. The Balaban J connectivity index is 2.10. The average molecular weight is 467 g/mol. The molecule has 1 aliphatic heterocycles. The van der Waals surface area contributed by atoms with Crippen molar-refractivity contribution in [2.24, 2.45) is 11.8 Å². The van der Waals surface area contributed by atoms with Crippen LogP contribution in [0.25, 0.3) is 0 Å². The van der Waals surface area contributed by atoms with E-state index < -0.39 is 12.1 Å². The third-order valence-electron chi connectivity index (χ3n) is 6.24. The maximum atomic E-state index is 13.1. The van der Waals surface area contributed by atoms with E-state index in [0.29, 0.717) is 26.1 Å². The standard InChI is InChI=1S/C28H38N2O4/c1-19(2)23-27(31)33-17-11-12-18-34-28(32)24(20(3)4)30-26(22-15-9-6-10-16-22)25(29-23)21-13-7-5-8-14-21/h5-10,13-16,19-20,23-26,29-30H,11-12,17-18H2,1-4H3/t23-,24?,25-,26+/m0/s1. The fourth-order valence-corrected chi connectivity index (χ4v) is 4.27. The van der Waals surface area contributed by atoms with Crippen LogP contribution >= 0.6 is 0 Å². The lowest BCUT2D eigenvalue weighted by Crippen LogP contribution is -2.51. The van der Waals surface area contributed by atoms with E-state index in [0.717, 1.165) is 11.1 Å². The number of carbonyl (C=O) groups is 2. The van der Waals surface area contributed by atoms with Gasteiger partial charge < -0.3 is 9.47 Å². The number of hydrogen-bond acceptors (Lipinski definition) is 6. The van der Waals surface area contributed by atoms with Crippen LogP contribution in [0, 0.1) is 11.8 Å². The number of nitrogens with one attached hydrogen (secondary N) is 2. The molecule has 0 saturated carbocycles. The molecular weight excluding hydrogens is 428 g/mol. The zero-order valence-corrected chi connectivity index (χ0v) is 20.7. The minimum atomic E-state index is -0.495. The molecule has 2 aromatic carbocycles. The van der Waals surface area contributed by atoms with Crippen molar-refractivity contribution in [2.75, 3.05) is 13.2 Å². The maximum absolute atomic E-state index is 13.1. The molecule has 4 atom stereocenters. The zero-order valence-electron chi connectivity index (χ0n) is 20.7. The second kappa shape index (κ2) is 12.7. The second-order valence-electron chi connectivity index (χ2n) is 9.60. The second-order valence-corrected chi connectivity index (χ2v) is 9.60. The summed E-state index contributed by atoms with van der Waals surface area (Å²) < 4.78 is 11.2. The van der Waals surface area contributed by atoms with Crippen LogP contribution in [0.2, 0.25) is 0 Å². The number of cyclic esters (lactones) is 2. The lowest BCUT2D eigenvalue weighted by Gasteiger charge is -2.36. The van der Waals surface area contributed by atoms with Crippen LogP contribution in [0.5, 0.6) is 0 Å². The summed E-state index contributed by atoms with van der Waals surface area (Å²) in [5.74, 6) is -0.461. The molecule has 1 fully saturated rings. The van der Waals surface area contributed by atoms with Gasteiger partial charge in [0.05, 0.1) is 25.3 Å². The molecule has 0 amide bonds. The van der Waals surface area contributed by atoms with Crippen LogP contribution < -0.4 is 10.6 Å². The summed E-state index contributed by atoms with van der Waals surface area (Å²) in [7, 11) is 0. The van der Waals surface area contributed by atoms with Crippen molar-refractivity contribution in [3.8, 4) is 0 Å². The van der Waals surface area contributed by atoms with E-state index in [1.165, 1.54) is 0 Å². The molecule has 3 rings (SSSR count). The largest absolute Gasteiger partial charge is 0.465 e. The van der Waals surface area contributed by atoms with Crippen molar-refractivity contribution in [1.29, 1.82) is 0 Å². The Labute approximate surface area is 203 Å². The van der Waals surface area contributed by atoms with Crippen molar-refractivity contribution >= 4 is 11.9 Å². The molecule has 1 saturated heterocycles. The van der Waals surface area contributed by atoms with Gasteiger partial charge in [-0.1, -0.05) is 88.4 Å². The Kier molecular flexibility index (Phi) is 9.66. The summed E-state index contributed by atoms with van der Waals surface area (Å²) in [6.07, 6.45) is 1.30. The van der Waals surface area contributed by atoms with Crippen LogP contribution in [0.15, 0.2) is 60.7 Å². The number of carbonyl (C=O) groups excluding carboxylic acids is 2. The summed E-state index contributed by atoms with van der Waals surface area (Å²) in [6.45, 7) is 8.69. The van der Waals surface area contributed by atoms with E-state index in [1.54, 1.807) is 0 Å². The van der Waals surface area contributed by atoms with Crippen LogP contribution in [-0.4, -0.2) is 37.2 Å². The van der Waals surface area contributed by atoms with E-state index in [2.05, 4.69) is 10.6 Å². The highest BCUT2D eigenvalue weighted by atomic mass is 16.5. The van der Waals surface area contributed by atoms with E-state index in [-0.39, 0.29) is 35.9 Å². The predicted molar refractivity (Wildman–Crippen MR) is 133 cm³/mol. The van der Waals surface area contributed by atoms with Gasteiger partial charge in [0.25, 0.3) is 0 Å². The molecule has 0 radical (unpaired) electrons. The Hall–Kier alpha value is -2.70. The smallest absolute Gasteiger partial charge is 0.323 e. The van der Waals surface area contributed by atoms with Gasteiger partial charge in [0.1, 0.15) is 12.1 Å². The van der Waals surface area contributed by atoms with Gasteiger partial charge >= 0.3 is 11.9 Å². The lowest BCUT2D eigenvalue weighted by molar-refractivity contribution is -0.151. The molecule has 1 aliphatic rings. The number of rotatable bonds is 4. The summed E-state index contributed by atoms with van der Waals surface area (Å²) in [4.78, 5) is 26.2. The molecule has 2 aromatic rings. The molecular formula is C28H38N2O4. The van der Waals surface area contributed by atoms with Gasteiger partial charge in [-0.2, -0.15) is 0 Å². The predicted octanol–water partition coefficient (Wildman–Crippen LogP) is 4.58. The van der Waals surface area contributed by atoms with Gasteiger partial charge in [0.2, 0.25) is 0 Å². The number of hydrogen-bond donors (Lipinski definition) is 2. The van der Waals surface area contributed by atoms with Gasteiger partial charge in [0.15, 0.2) is 0 Å². The maximum Gasteiger partial charge on any atom is 0.323 e. The fraction of sp³-hybridized carbons (Fsp3) is 0.500. The summed E-state index contributed by atoms with van der Waals surface area (Å²) in [6, 6.07) is 18.5. The van der Waals surface area contributed by atoms with Crippen molar-refractivity contribution < 1.29 is 19.1 Å². The van der Waals surface area contributed by atoms with Gasteiger partial charge in [0, 0.05) is 0 Å². The quantitative estimate of drug-likeness (QED) is 0.643. The van der Waals surface area contributed by atoms with E-state index >= 15 is 0 Å². The Morgan fingerprint density at radius 2 is 1.00 bits per heavy atom. The van der Waals surface area contributed by atoms with E-state index in [9.17, 15) is 9.59 Å². The van der Waals surface area contributed by atoms with Crippen molar-refractivity contribution in [3.63, 3.8) is 0 Å². The van der Waals surface area contributed by atoms with Crippen molar-refractivity contribution in [1.82, 2.24) is 10.6 Å². The monoisotopic (exact) mass is 466 g/mol. The highest BCUT2D eigenvalue weighted by Crippen LogP contribution is 2.32. The van der Waals surface area contributed by atoms with Crippen LogP contribution in [0.3, 0.4) is 0 Å². The highest BCUT2D eigenvalue weighted by molar-refractivity contribution is 5.77. The first-order chi connectivity index (χ1) is 16.4. The SMILES string of the molecule is CC(C)C1N[C@H](c2ccccc2)[C@H](c2ccccc2)N[C@@H](C(C)C)C(=O)OCCCCOC1=O. The lowest BCUT2D eigenvalue weighted by atomic mass is 9.89. The van der Waals surface area contributed by atoms with Crippen LogP contribution in [0.4, 0.5) is 0 Å². The fourth-order valence-electron chi connectivity index (χ4n) is 4.27. The van der Waals surface area contributed by atoms with Gasteiger partial charge in [-0.05, 0) is 35.8 Å². The highest BCUT2D eigenvalue weighted by Gasteiger charge is 2.36. The molecule has 0 spiro atoms. The third kappa shape index (κ3) is 6.90. The van der Waals surface area contributed by atoms with Gasteiger partial charge in [-0.15, -0.1) is 0 Å². The van der Waals surface area contributed by atoms with Crippen LogP contribution in [0.1, 0.15) is 63.7 Å². The Morgan fingerprint density at radius 1 is 0.647 bits per heavy atom. The first kappa shape index (κ1) is 25.9. The average Bonchev–Trinajstić information content (AvgIpc) is 2.83. The molecule has 0 bridgehead atoms. The minimum absolute atomic E-state index is 0.0221. The third-order valence-corrected chi connectivity index (χ3v) is 6.24. The van der Waals surface area contributed by atoms with E-state index in [4.69, 9.17) is 9.47 Å². The van der Waals surface area contributed by atoms with Crippen molar-refractivity contribution in [3.05, 3.63) is 71.8 Å². The topological polar surface area (TPSA) is 76.7 Å². The normalized spacial score (nSPS) is 25.5. The molecule has 1 heterocycles. The number of esters is 2. The molecule has 184 valence electrons. The minimum Gasteiger partial charge on any atom is -0.465 e. The summed E-state index contributed by atoms with van der Waals surface area (Å²) in [5, 5.41) is 7.21. The number of benzene rings is 2. The molecule has 6 heteroatoms. The van der Waals surface area contributed by atoms with Gasteiger partial charge in [-0.3, -0.25) is 20.2 Å². The van der Waals surface area contributed by atoms with Crippen LogP contribution in [-0.2, 0) is 19.1 Å². The van der Waals surface area contributed by atoms with E-state index in [1.807, 2.05) is 88.4 Å². The molecule has 1 unspecified atom stereocenters. The molecule has 0 aromatic heterocycles. The molecule has 2 N–H and O–H groups in total. The molecule has 6 nitrogen and oxygen atoms in total. The molecule has 34 heavy (non-hydrogen) atoms. The first-order valence-corrected chi connectivity index (χ1v) is 12.3. The van der Waals surface area contributed by atoms with Gasteiger partial charge in [-0.25, -0.2) is 0 Å². The summed E-state index contributed by atoms with van der Waals surface area (Å²) in [5.41, 5.74) is 2.04. The Morgan fingerprint density at radius 3 is 1.32 bits per heavy atom. The van der Waals surface area contributed by atoms with Crippen molar-refractivity contribution in [2.45, 2.75) is 64.7 Å². The number of ether oxygens (including phenoxy) is 2. The summed E-state index contributed by atoms with van der Waals surface area (Å²) >= 11 is 0. The zero-order chi connectivity index (χ0) is 24.5. The molecule has 0 aliphatic carbocycles.